The van der Waals surface area contributed by atoms with Crippen LogP contribution in [0.15, 0.2) is 34.7 Å². The first kappa shape index (κ1) is 25.2. The topological polar surface area (TPSA) is 125 Å². The lowest BCUT2D eigenvalue weighted by molar-refractivity contribution is 0.0357. The maximum absolute atomic E-state index is 12.6. The minimum absolute atomic E-state index is 0.206. The highest BCUT2D eigenvalue weighted by molar-refractivity contribution is 7.98. The Morgan fingerprint density at radius 3 is 2.78 bits per heavy atom. The van der Waals surface area contributed by atoms with Gasteiger partial charge in [-0.15, -0.1) is 4.99 Å². The molecule has 0 radical (unpaired) electrons. The van der Waals surface area contributed by atoms with Crippen LogP contribution in [0.3, 0.4) is 0 Å². The summed E-state index contributed by atoms with van der Waals surface area (Å²) in [5.74, 6) is 2.10. The zero-order valence-electron chi connectivity index (χ0n) is 20.8. The number of morpholine rings is 1. The standard InChI is InChI=1S/C24H29N7O5S/c1-33-20-18(35-11-3-7-30-9-12-34-13-10-30)5-4-17-19(20)28-22(31-8-6-25-21(17)31)29-24(32)36-16-14-26-23(37-2)27-15-16/h4-5,14-15,25H,3,6-13H2,1-2H3. The van der Waals surface area contributed by atoms with Gasteiger partial charge in [-0.2, -0.15) is 0 Å². The van der Waals surface area contributed by atoms with E-state index in [0.717, 1.165) is 50.5 Å². The highest BCUT2D eigenvalue weighted by Gasteiger charge is 2.21. The van der Waals surface area contributed by atoms with Crippen molar-refractivity contribution < 1.29 is 23.7 Å². The van der Waals surface area contributed by atoms with Crippen LogP contribution in [0.4, 0.5) is 10.6 Å². The minimum Gasteiger partial charge on any atom is -0.491 e. The van der Waals surface area contributed by atoms with E-state index in [1.165, 1.54) is 24.2 Å². The monoisotopic (exact) mass is 527 g/mol. The lowest BCUT2D eigenvalue weighted by atomic mass is 10.2. The molecule has 1 aromatic carbocycles. The third-order valence-corrected chi connectivity index (χ3v) is 6.65. The molecular weight excluding hydrogens is 498 g/mol. The number of hydrogen-bond donors (Lipinski definition) is 1. The van der Waals surface area contributed by atoms with Crippen LogP contribution in [-0.4, -0.2) is 89.9 Å². The van der Waals surface area contributed by atoms with E-state index in [0.29, 0.717) is 41.9 Å². The van der Waals surface area contributed by atoms with Gasteiger partial charge < -0.3 is 24.3 Å². The van der Waals surface area contributed by atoms with E-state index in [4.69, 9.17) is 18.9 Å². The number of carbonyl (C=O) groups excluding carboxylic acids is 1. The van der Waals surface area contributed by atoms with E-state index >= 15 is 0 Å². The minimum atomic E-state index is -0.816. The molecule has 37 heavy (non-hydrogen) atoms. The van der Waals surface area contributed by atoms with Gasteiger partial charge in [-0.05, 0) is 24.8 Å². The van der Waals surface area contributed by atoms with E-state index in [1.54, 1.807) is 7.11 Å². The van der Waals surface area contributed by atoms with E-state index in [-0.39, 0.29) is 11.4 Å². The van der Waals surface area contributed by atoms with Crippen LogP contribution in [0.2, 0.25) is 0 Å². The number of nitrogens with one attached hydrogen (secondary N) is 1. The molecule has 5 rings (SSSR count). The molecule has 12 nitrogen and oxygen atoms in total. The Morgan fingerprint density at radius 2 is 2.03 bits per heavy atom. The predicted molar refractivity (Wildman–Crippen MR) is 138 cm³/mol. The SMILES string of the molecule is COc1c(OCCCN2CCOCC2)ccc2c3n(c(=NC(=O)Oc4cnc(SC)nc4)nc12)CCN3. The number of rotatable bonds is 8. The van der Waals surface area contributed by atoms with Crippen LogP contribution in [0.5, 0.6) is 17.2 Å². The molecule has 1 fully saturated rings. The Balaban J connectivity index is 1.39. The molecular formula is C24H29N7O5S. The van der Waals surface area contributed by atoms with Gasteiger partial charge in [0, 0.05) is 38.1 Å². The first-order chi connectivity index (χ1) is 18.2. The quantitative estimate of drug-likeness (QED) is 0.263. The van der Waals surface area contributed by atoms with Gasteiger partial charge in [-0.3, -0.25) is 9.47 Å². The molecule has 2 aliphatic rings. The van der Waals surface area contributed by atoms with Crippen molar-refractivity contribution in [2.24, 2.45) is 4.99 Å². The average molecular weight is 528 g/mol. The Kier molecular flexibility index (Phi) is 8.02. The normalized spacial score (nSPS) is 15.9. The smallest absolute Gasteiger partial charge is 0.442 e. The van der Waals surface area contributed by atoms with Gasteiger partial charge in [-0.25, -0.2) is 19.7 Å². The zero-order valence-corrected chi connectivity index (χ0v) is 21.6. The molecule has 4 heterocycles. The second-order valence-electron chi connectivity index (χ2n) is 8.37. The van der Waals surface area contributed by atoms with Gasteiger partial charge in [0.25, 0.3) is 0 Å². The van der Waals surface area contributed by atoms with E-state index in [9.17, 15) is 4.79 Å². The molecule has 1 amide bonds. The number of benzene rings is 1. The number of methoxy groups -OCH3 is 1. The molecule has 2 aromatic heterocycles. The number of nitrogens with zero attached hydrogens (tertiary/aromatic N) is 6. The van der Waals surface area contributed by atoms with Crippen molar-refractivity contribution in [3.8, 4) is 17.2 Å². The molecule has 1 saturated heterocycles. The second-order valence-corrected chi connectivity index (χ2v) is 9.15. The van der Waals surface area contributed by atoms with Crippen LogP contribution in [-0.2, 0) is 11.3 Å². The van der Waals surface area contributed by atoms with Crippen molar-refractivity contribution in [1.82, 2.24) is 24.4 Å². The maximum Gasteiger partial charge on any atom is 0.442 e. The third kappa shape index (κ3) is 5.78. The predicted octanol–water partition coefficient (Wildman–Crippen LogP) is 2.18. The van der Waals surface area contributed by atoms with Crippen LogP contribution < -0.4 is 25.1 Å². The number of amides is 1. The molecule has 196 valence electrons. The summed E-state index contributed by atoms with van der Waals surface area (Å²) in [5, 5.41) is 4.79. The van der Waals surface area contributed by atoms with Gasteiger partial charge in [0.15, 0.2) is 22.4 Å². The van der Waals surface area contributed by atoms with Crippen LogP contribution in [0, 0.1) is 0 Å². The summed E-state index contributed by atoms with van der Waals surface area (Å²) >= 11 is 1.40. The fraction of sp³-hybridized carbons (Fsp3) is 0.458. The van der Waals surface area contributed by atoms with Gasteiger partial charge in [0.1, 0.15) is 11.3 Å². The summed E-state index contributed by atoms with van der Waals surface area (Å²) < 4.78 is 24.3. The summed E-state index contributed by atoms with van der Waals surface area (Å²) in [6, 6.07) is 3.83. The van der Waals surface area contributed by atoms with Gasteiger partial charge >= 0.3 is 6.09 Å². The highest BCUT2D eigenvalue weighted by atomic mass is 32.2. The fourth-order valence-electron chi connectivity index (χ4n) is 4.31. The van der Waals surface area contributed by atoms with Crippen LogP contribution >= 0.6 is 11.8 Å². The van der Waals surface area contributed by atoms with Gasteiger partial charge in [-0.1, -0.05) is 11.8 Å². The number of anilines is 1. The molecule has 0 spiro atoms. The molecule has 0 bridgehead atoms. The first-order valence-electron chi connectivity index (χ1n) is 12.1. The Labute approximate surface area is 218 Å². The van der Waals surface area contributed by atoms with Crippen molar-refractivity contribution in [3.05, 3.63) is 30.1 Å². The Hall–Kier alpha value is -3.42. The lowest BCUT2D eigenvalue weighted by Gasteiger charge is -2.26. The fourth-order valence-corrected chi connectivity index (χ4v) is 4.62. The summed E-state index contributed by atoms with van der Waals surface area (Å²) in [7, 11) is 1.58. The van der Waals surface area contributed by atoms with Crippen LogP contribution in [0.1, 0.15) is 6.42 Å². The van der Waals surface area contributed by atoms with E-state index in [2.05, 4.69) is 30.2 Å². The largest absolute Gasteiger partial charge is 0.491 e. The molecule has 13 heteroatoms. The Morgan fingerprint density at radius 1 is 1.22 bits per heavy atom. The molecule has 3 aromatic rings. The number of hydrogen-bond acceptors (Lipinski definition) is 11. The third-order valence-electron chi connectivity index (χ3n) is 6.07. The lowest BCUT2D eigenvalue weighted by Crippen LogP contribution is -2.37. The highest BCUT2D eigenvalue weighted by Crippen LogP contribution is 2.37. The van der Waals surface area contributed by atoms with Crippen molar-refractivity contribution in [3.63, 3.8) is 0 Å². The van der Waals surface area contributed by atoms with E-state index in [1.807, 2.05) is 23.0 Å². The van der Waals surface area contributed by atoms with Crippen LogP contribution in [0.25, 0.3) is 10.9 Å². The number of carbonyl (C=O) groups is 1. The number of aromatic nitrogens is 4. The average Bonchev–Trinajstić information content (AvgIpc) is 3.43. The van der Waals surface area contributed by atoms with Crippen molar-refractivity contribution >= 4 is 34.6 Å². The number of thioether (sulfide) groups is 1. The van der Waals surface area contributed by atoms with Gasteiger partial charge in [0.2, 0.25) is 5.62 Å². The van der Waals surface area contributed by atoms with E-state index < -0.39 is 6.09 Å². The van der Waals surface area contributed by atoms with Gasteiger partial charge in [0.05, 0.1) is 39.3 Å². The number of ether oxygens (including phenoxy) is 4. The maximum atomic E-state index is 12.6. The molecule has 0 unspecified atom stereocenters. The Bertz CT molecular complexity index is 1330. The molecule has 0 atom stereocenters. The first-order valence-corrected chi connectivity index (χ1v) is 13.3. The second kappa shape index (κ2) is 11.8. The number of fused-ring (bicyclic) bond motifs is 3. The zero-order chi connectivity index (χ0) is 25.6. The van der Waals surface area contributed by atoms with Crippen molar-refractivity contribution in [1.29, 1.82) is 0 Å². The molecule has 2 aliphatic heterocycles. The summed E-state index contributed by atoms with van der Waals surface area (Å²) in [6.07, 6.45) is 4.80. The summed E-state index contributed by atoms with van der Waals surface area (Å²) in [6.45, 7) is 6.23. The molecule has 0 aliphatic carbocycles. The summed E-state index contributed by atoms with van der Waals surface area (Å²) in [5.41, 5.74) is 0.759. The summed E-state index contributed by atoms with van der Waals surface area (Å²) in [4.78, 5) is 32.0. The van der Waals surface area contributed by atoms with Crippen molar-refractivity contribution in [2.75, 3.05) is 64.7 Å². The van der Waals surface area contributed by atoms with Crippen molar-refractivity contribution in [2.45, 2.75) is 18.1 Å². The molecule has 1 N–H and O–H groups in total. The molecule has 0 saturated carbocycles.